The zero-order valence-electron chi connectivity index (χ0n) is 15.4. The summed E-state index contributed by atoms with van der Waals surface area (Å²) in [6, 6.07) is 22.8. The molecule has 0 amide bonds. The number of fused-ring (bicyclic) bond motifs is 1. The molecule has 0 aliphatic heterocycles. The molecule has 1 saturated carbocycles. The topological polar surface area (TPSA) is 41.9 Å². The van der Waals surface area contributed by atoms with Crippen LogP contribution in [0.3, 0.4) is 0 Å². The van der Waals surface area contributed by atoms with Gasteiger partial charge in [-0.25, -0.2) is 9.37 Å². The largest absolute Gasteiger partial charge is 0.385 e. The fraction of sp³-hybridized carbons (Fsp3) is 0.174. The van der Waals surface area contributed by atoms with Crippen molar-refractivity contribution in [3.63, 3.8) is 0 Å². The fourth-order valence-corrected chi connectivity index (χ4v) is 3.37. The van der Waals surface area contributed by atoms with Crippen molar-refractivity contribution >= 4 is 28.4 Å². The van der Waals surface area contributed by atoms with E-state index in [9.17, 15) is 4.39 Å². The molecule has 2 N–H and O–H groups in total. The molecule has 1 aliphatic rings. The monoisotopic (exact) mass is 372 g/mol. The summed E-state index contributed by atoms with van der Waals surface area (Å²) in [5.74, 6) is 1.08. The van der Waals surface area contributed by atoms with E-state index in [1.54, 1.807) is 18.2 Å². The van der Waals surface area contributed by atoms with Crippen molar-refractivity contribution in [2.24, 2.45) is 5.92 Å². The van der Waals surface area contributed by atoms with Crippen molar-refractivity contribution < 1.29 is 4.39 Å². The number of halogens is 1. The molecule has 1 heterocycles. The Morgan fingerprint density at radius 3 is 2.54 bits per heavy atom. The van der Waals surface area contributed by atoms with Gasteiger partial charge in [-0.3, -0.25) is 4.57 Å². The van der Waals surface area contributed by atoms with Crippen LogP contribution in [0.25, 0.3) is 16.7 Å². The highest BCUT2D eigenvalue weighted by Gasteiger charge is 2.21. The van der Waals surface area contributed by atoms with Gasteiger partial charge in [0.25, 0.3) is 0 Å². The predicted octanol–water partition coefficient (Wildman–Crippen LogP) is 5.73. The number of imidazole rings is 1. The Morgan fingerprint density at radius 1 is 0.964 bits per heavy atom. The molecule has 28 heavy (non-hydrogen) atoms. The molecule has 1 fully saturated rings. The van der Waals surface area contributed by atoms with Gasteiger partial charge in [0.2, 0.25) is 5.95 Å². The van der Waals surface area contributed by atoms with Crippen molar-refractivity contribution in [2.75, 3.05) is 17.2 Å². The van der Waals surface area contributed by atoms with Crippen LogP contribution in [0.5, 0.6) is 0 Å². The van der Waals surface area contributed by atoms with Crippen molar-refractivity contribution in [3.05, 3.63) is 78.6 Å². The predicted molar refractivity (Wildman–Crippen MR) is 112 cm³/mol. The molecule has 140 valence electrons. The zero-order chi connectivity index (χ0) is 18.9. The summed E-state index contributed by atoms with van der Waals surface area (Å²) in [5.41, 5.74) is 4.30. The Labute approximate surface area is 163 Å². The van der Waals surface area contributed by atoms with Gasteiger partial charge in [0.05, 0.1) is 16.7 Å². The van der Waals surface area contributed by atoms with Gasteiger partial charge in [0.15, 0.2) is 0 Å². The zero-order valence-corrected chi connectivity index (χ0v) is 15.4. The van der Waals surface area contributed by atoms with E-state index < -0.39 is 0 Å². The van der Waals surface area contributed by atoms with E-state index in [4.69, 9.17) is 4.98 Å². The standard InChI is InChI=1S/C23H21FN4/c24-19-8-4-5-9-20(19)26-23-27-21-13-12-17(25-15-16-10-11-16)14-22(21)28(23)18-6-2-1-3-7-18/h1-9,12-14,16,25H,10-11,15H2,(H,26,27). The average molecular weight is 372 g/mol. The van der Waals surface area contributed by atoms with E-state index in [-0.39, 0.29) is 5.82 Å². The van der Waals surface area contributed by atoms with E-state index in [0.29, 0.717) is 11.6 Å². The molecule has 3 aromatic carbocycles. The molecule has 4 aromatic rings. The van der Waals surface area contributed by atoms with Crippen molar-refractivity contribution in [3.8, 4) is 5.69 Å². The molecule has 4 nitrogen and oxygen atoms in total. The number of anilines is 3. The number of benzene rings is 3. The van der Waals surface area contributed by atoms with Crippen LogP contribution >= 0.6 is 0 Å². The van der Waals surface area contributed by atoms with Gasteiger partial charge in [-0.15, -0.1) is 0 Å². The molecule has 5 rings (SSSR count). The lowest BCUT2D eigenvalue weighted by atomic mass is 10.2. The van der Waals surface area contributed by atoms with E-state index in [0.717, 1.165) is 34.9 Å². The number of aromatic nitrogens is 2. The molecule has 1 aliphatic carbocycles. The van der Waals surface area contributed by atoms with Crippen LogP contribution in [-0.4, -0.2) is 16.1 Å². The molecule has 1 aromatic heterocycles. The molecule has 0 saturated heterocycles. The summed E-state index contributed by atoms with van der Waals surface area (Å²) in [6.45, 7) is 1.01. The quantitative estimate of drug-likeness (QED) is 0.454. The molecule has 0 radical (unpaired) electrons. The molecular weight excluding hydrogens is 351 g/mol. The Morgan fingerprint density at radius 2 is 1.75 bits per heavy atom. The first-order valence-electron chi connectivity index (χ1n) is 9.61. The highest BCUT2D eigenvalue weighted by Crippen LogP contribution is 2.31. The van der Waals surface area contributed by atoms with Crippen LogP contribution in [0.2, 0.25) is 0 Å². The summed E-state index contributed by atoms with van der Waals surface area (Å²) in [5, 5.41) is 6.69. The van der Waals surface area contributed by atoms with Gasteiger partial charge in [0.1, 0.15) is 5.82 Å². The van der Waals surface area contributed by atoms with Gasteiger partial charge in [-0.05, 0) is 61.2 Å². The third kappa shape index (κ3) is 3.31. The second-order valence-corrected chi connectivity index (χ2v) is 7.24. The maximum absolute atomic E-state index is 14.2. The van der Waals surface area contributed by atoms with Crippen LogP contribution in [0.1, 0.15) is 12.8 Å². The molecule has 5 heteroatoms. The number of para-hydroxylation sites is 2. The highest BCUT2D eigenvalue weighted by atomic mass is 19.1. The van der Waals surface area contributed by atoms with E-state index in [2.05, 4.69) is 22.8 Å². The summed E-state index contributed by atoms with van der Waals surface area (Å²) >= 11 is 0. The first-order valence-corrected chi connectivity index (χ1v) is 9.61. The lowest BCUT2D eigenvalue weighted by molar-refractivity contribution is 0.631. The highest BCUT2D eigenvalue weighted by molar-refractivity contribution is 5.85. The summed E-state index contributed by atoms with van der Waals surface area (Å²) in [4.78, 5) is 4.73. The molecular formula is C23H21FN4. The Kier molecular flexibility index (Phi) is 4.20. The fourth-order valence-electron chi connectivity index (χ4n) is 3.37. The molecule has 0 bridgehead atoms. The van der Waals surface area contributed by atoms with Gasteiger partial charge < -0.3 is 10.6 Å². The Bertz CT molecular complexity index is 1120. The molecule has 0 spiro atoms. The summed E-state index contributed by atoms with van der Waals surface area (Å²) in [6.07, 6.45) is 2.63. The molecule has 0 atom stereocenters. The minimum Gasteiger partial charge on any atom is -0.385 e. The van der Waals surface area contributed by atoms with Crippen LogP contribution in [0.15, 0.2) is 72.8 Å². The summed E-state index contributed by atoms with van der Waals surface area (Å²) < 4.78 is 16.2. The number of hydrogen-bond acceptors (Lipinski definition) is 3. The van der Waals surface area contributed by atoms with E-state index in [1.165, 1.54) is 18.9 Å². The maximum atomic E-state index is 14.2. The van der Waals surface area contributed by atoms with Crippen molar-refractivity contribution in [1.82, 2.24) is 9.55 Å². The number of nitrogens with one attached hydrogen (secondary N) is 2. The normalized spacial score (nSPS) is 13.6. The van der Waals surface area contributed by atoms with Crippen LogP contribution in [0.4, 0.5) is 21.7 Å². The van der Waals surface area contributed by atoms with E-state index >= 15 is 0 Å². The maximum Gasteiger partial charge on any atom is 0.213 e. The van der Waals surface area contributed by atoms with E-state index in [1.807, 2.05) is 41.0 Å². The van der Waals surface area contributed by atoms with Crippen molar-refractivity contribution in [1.29, 1.82) is 0 Å². The third-order valence-corrected chi connectivity index (χ3v) is 5.08. The van der Waals surface area contributed by atoms with Gasteiger partial charge in [-0.1, -0.05) is 30.3 Å². The first-order chi connectivity index (χ1) is 13.8. The first kappa shape index (κ1) is 16.8. The Hall–Kier alpha value is -3.34. The van der Waals surface area contributed by atoms with Crippen LogP contribution in [0, 0.1) is 11.7 Å². The lowest BCUT2D eigenvalue weighted by Crippen LogP contribution is -2.04. The molecule has 0 unspecified atom stereocenters. The second kappa shape index (κ2) is 7.00. The van der Waals surface area contributed by atoms with Crippen LogP contribution in [-0.2, 0) is 0 Å². The summed E-state index contributed by atoms with van der Waals surface area (Å²) in [7, 11) is 0. The minimum absolute atomic E-state index is 0.305. The lowest BCUT2D eigenvalue weighted by Gasteiger charge is -2.12. The number of rotatable bonds is 6. The van der Waals surface area contributed by atoms with Crippen LogP contribution < -0.4 is 10.6 Å². The third-order valence-electron chi connectivity index (χ3n) is 5.08. The number of hydrogen-bond donors (Lipinski definition) is 2. The Balaban J connectivity index is 1.60. The number of nitrogens with zero attached hydrogens (tertiary/aromatic N) is 2. The van der Waals surface area contributed by atoms with Gasteiger partial charge in [0, 0.05) is 17.9 Å². The van der Waals surface area contributed by atoms with Crippen molar-refractivity contribution in [2.45, 2.75) is 12.8 Å². The second-order valence-electron chi connectivity index (χ2n) is 7.24. The smallest absolute Gasteiger partial charge is 0.213 e. The van der Waals surface area contributed by atoms with Gasteiger partial charge >= 0.3 is 0 Å². The SMILES string of the molecule is Fc1ccccc1Nc1nc2ccc(NCC3CC3)cc2n1-c1ccccc1. The average Bonchev–Trinajstić information content (AvgIpc) is 3.49. The minimum atomic E-state index is -0.305. The van der Waals surface area contributed by atoms with Gasteiger partial charge in [-0.2, -0.15) is 0 Å².